The van der Waals surface area contributed by atoms with Gasteiger partial charge in [-0.2, -0.15) is 0 Å². The lowest BCUT2D eigenvalue weighted by molar-refractivity contribution is -0.0592. The molecule has 2 aromatic heterocycles. The van der Waals surface area contributed by atoms with Crippen molar-refractivity contribution in [1.82, 2.24) is 19.4 Å². The molecule has 0 radical (unpaired) electrons. The largest absolute Gasteiger partial charge is 0.478 e. The van der Waals surface area contributed by atoms with Gasteiger partial charge in [-0.3, -0.25) is 9.69 Å². The standard InChI is InChI=1S/C32H32F2N4O5/c1-19(39)22-13-25(33)24(26(34)14-22)18-43-31-4-2-3-27(36-31)20-7-10-37(11-8-20)17-30-35-28-6-5-21(32(40)41)15-29(28)38(30)16-23-9-12-42-23/h2-6,13-15,20,23H,7-12,16-18H2,1H3,(H,40,41). The van der Waals surface area contributed by atoms with E-state index in [0.717, 1.165) is 73.6 Å². The van der Waals surface area contributed by atoms with Crippen molar-refractivity contribution in [2.75, 3.05) is 19.7 Å². The second kappa shape index (κ2) is 12.2. The molecule has 0 spiro atoms. The number of hydrogen-bond acceptors (Lipinski definition) is 7. The van der Waals surface area contributed by atoms with Gasteiger partial charge in [0, 0.05) is 29.8 Å². The molecule has 1 unspecified atom stereocenters. The molecule has 1 atom stereocenters. The Labute approximate surface area is 247 Å². The number of Topliss-reactive ketones (excluding diaryl/α,β-unsaturated/α-hetero) is 1. The number of ether oxygens (including phenoxy) is 2. The molecule has 2 aliphatic rings. The number of aromatic carboxylic acids is 1. The maximum absolute atomic E-state index is 14.4. The van der Waals surface area contributed by atoms with Crippen molar-refractivity contribution in [2.24, 2.45) is 0 Å². The highest BCUT2D eigenvalue weighted by atomic mass is 19.1. The van der Waals surface area contributed by atoms with Gasteiger partial charge in [-0.15, -0.1) is 0 Å². The van der Waals surface area contributed by atoms with E-state index in [9.17, 15) is 23.5 Å². The highest BCUT2D eigenvalue weighted by Crippen LogP contribution is 2.30. The molecule has 0 bridgehead atoms. The van der Waals surface area contributed by atoms with E-state index >= 15 is 0 Å². The van der Waals surface area contributed by atoms with Crippen LogP contribution in [0, 0.1) is 11.6 Å². The number of carbonyl (C=O) groups excluding carboxylic acids is 1. The fourth-order valence-electron chi connectivity index (χ4n) is 5.68. The molecule has 4 aromatic rings. The molecular formula is C32H32F2N4O5. The maximum Gasteiger partial charge on any atom is 0.335 e. The number of aromatic nitrogens is 3. The Balaban J connectivity index is 1.10. The minimum absolute atomic E-state index is 0.0258. The first kappa shape index (κ1) is 28.9. The molecule has 0 amide bonds. The minimum atomic E-state index is -0.969. The number of pyridine rings is 1. The van der Waals surface area contributed by atoms with E-state index in [0.29, 0.717) is 13.1 Å². The topological polar surface area (TPSA) is 107 Å². The Bertz CT molecular complexity index is 1650. The van der Waals surface area contributed by atoms with Gasteiger partial charge in [-0.05, 0) is 75.7 Å². The van der Waals surface area contributed by atoms with Crippen molar-refractivity contribution >= 4 is 22.8 Å². The van der Waals surface area contributed by atoms with Gasteiger partial charge in [0.1, 0.15) is 24.1 Å². The molecule has 2 saturated heterocycles. The predicted octanol–water partition coefficient (Wildman–Crippen LogP) is 5.36. The van der Waals surface area contributed by atoms with Crippen molar-refractivity contribution in [3.05, 3.63) is 88.4 Å². The number of ketones is 1. The fraction of sp³-hybridized carbons (Fsp3) is 0.375. The summed E-state index contributed by atoms with van der Waals surface area (Å²) in [6.07, 6.45) is 2.79. The van der Waals surface area contributed by atoms with Gasteiger partial charge in [0.25, 0.3) is 0 Å². The van der Waals surface area contributed by atoms with Gasteiger partial charge in [0.15, 0.2) is 5.78 Å². The number of benzene rings is 2. The Kier molecular flexibility index (Phi) is 8.18. The molecule has 11 heteroatoms. The fourth-order valence-corrected chi connectivity index (χ4v) is 5.68. The quantitative estimate of drug-likeness (QED) is 0.246. The van der Waals surface area contributed by atoms with Crippen LogP contribution in [0.1, 0.15) is 69.9 Å². The molecule has 2 fully saturated rings. The number of carboxylic acid groups (broad SMARTS) is 1. The number of nitrogens with zero attached hydrogens (tertiary/aromatic N) is 4. The third-order valence-electron chi connectivity index (χ3n) is 8.28. The lowest BCUT2D eigenvalue weighted by Gasteiger charge is -2.32. The molecule has 2 aliphatic heterocycles. The lowest BCUT2D eigenvalue weighted by Crippen LogP contribution is -2.35. The van der Waals surface area contributed by atoms with Crippen LogP contribution >= 0.6 is 0 Å². The van der Waals surface area contributed by atoms with Crippen LogP contribution in [0.4, 0.5) is 8.78 Å². The monoisotopic (exact) mass is 590 g/mol. The van der Waals surface area contributed by atoms with Crippen LogP contribution in [-0.4, -0.2) is 62.1 Å². The van der Waals surface area contributed by atoms with Crippen LogP contribution < -0.4 is 4.74 Å². The summed E-state index contributed by atoms with van der Waals surface area (Å²) in [7, 11) is 0. The number of rotatable bonds is 10. The second-order valence-electron chi connectivity index (χ2n) is 11.1. The van der Waals surface area contributed by atoms with Crippen LogP contribution in [0.5, 0.6) is 5.88 Å². The molecule has 0 aliphatic carbocycles. The molecule has 224 valence electrons. The number of imidazole rings is 1. The summed E-state index contributed by atoms with van der Waals surface area (Å²) in [6.45, 7) is 4.56. The third kappa shape index (κ3) is 6.28. The molecule has 43 heavy (non-hydrogen) atoms. The molecule has 6 rings (SSSR count). The highest BCUT2D eigenvalue weighted by Gasteiger charge is 2.26. The van der Waals surface area contributed by atoms with Crippen LogP contribution in [0.15, 0.2) is 48.5 Å². The summed E-state index contributed by atoms with van der Waals surface area (Å²) in [4.78, 5) is 34.9. The number of carboxylic acids is 1. The summed E-state index contributed by atoms with van der Waals surface area (Å²) >= 11 is 0. The Morgan fingerprint density at radius 3 is 2.42 bits per heavy atom. The average molecular weight is 591 g/mol. The van der Waals surface area contributed by atoms with E-state index in [-0.39, 0.29) is 41.2 Å². The third-order valence-corrected chi connectivity index (χ3v) is 8.28. The zero-order valence-corrected chi connectivity index (χ0v) is 23.8. The highest BCUT2D eigenvalue weighted by molar-refractivity contribution is 5.94. The van der Waals surface area contributed by atoms with Gasteiger partial charge in [0.05, 0.1) is 41.4 Å². The number of piperidine rings is 1. The van der Waals surface area contributed by atoms with Crippen LogP contribution in [0.25, 0.3) is 11.0 Å². The van der Waals surface area contributed by atoms with E-state index in [1.165, 1.54) is 6.92 Å². The Hall–Kier alpha value is -4.22. The van der Waals surface area contributed by atoms with Crippen molar-refractivity contribution in [1.29, 1.82) is 0 Å². The van der Waals surface area contributed by atoms with E-state index in [2.05, 4.69) is 14.5 Å². The predicted molar refractivity (Wildman–Crippen MR) is 153 cm³/mol. The number of hydrogen-bond donors (Lipinski definition) is 1. The number of fused-ring (bicyclic) bond motifs is 1. The zero-order valence-electron chi connectivity index (χ0n) is 23.8. The zero-order chi connectivity index (χ0) is 30.1. The number of likely N-dealkylation sites (tertiary alicyclic amines) is 1. The minimum Gasteiger partial charge on any atom is -0.478 e. The Morgan fingerprint density at radius 1 is 1.02 bits per heavy atom. The van der Waals surface area contributed by atoms with Gasteiger partial charge < -0.3 is 19.1 Å². The SMILES string of the molecule is CC(=O)c1cc(F)c(COc2cccc(C3CCN(Cc4nc5ccc(C(=O)O)cc5n4CC4CCO4)CC3)n2)c(F)c1. The summed E-state index contributed by atoms with van der Waals surface area (Å²) in [6, 6.07) is 12.5. The summed E-state index contributed by atoms with van der Waals surface area (Å²) in [5.41, 5.74) is 2.39. The smallest absolute Gasteiger partial charge is 0.335 e. The van der Waals surface area contributed by atoms with Crippen molar-refractivity contribution in [3.63, 3.8) is 0 Å². The summed E-state index contributed by atoms with van der Waals surface area (Å²) in [5, 5.41) is 9.49. The second-order valence-corrected chi connectivity index (χ2v) is 11.1. The van der Waals surface area contributed by atoms with Gasteiger partial charge in [0.2, 0.25) is 5.88 Å². The molecule has 2 aromatic carbocycles. The number of carbonyl (C=O) groups is 2. The first-order valence-electron chi connectivity index (χ1n) is 14.4. The average Bonchev–Trinajstić information content (AvgIpc) is 3.30. The lowest BCUT2D eigenvalue weighted by atomic mass is 9.93. The van der Waals surface area contributed by atoms with E-state index in [1.807, 2.05) is 12.1 Å². The maximum atomic E-state index is 14.4. The first-order chi connectivity index (χ1) is 20.7. The van der Waals surface area contributed by atoms with Gasteiger partial charge in [-0.25, -0.2) is 23.5 Å². The normalized spacial score (nSPS) is 17.6. The summed E-state index contributed by atoms with van der Waals surface area (Å²) in [5.74, 6) is -1.68. The molecule has 1 N–H and O–H groups in total. The van der Waals surface area contributed by atoms with Crippen molar-refractivity contribution < 1.29 is 33.0 Å². The van der Waals surface area contributed by atoms with E-state index in [1.54, 1.807) is 24.3 Å². The van der Waals surface area contributed by atoms with Gasteiger partial charge in [-0.1, -0.05) is 6.07 Å². The van der Waals surface area contributed by atoms with E-state index in [4.69, 9.17) is 14.5 Å². The molecular weight excluding hydrogens is 558 g/mol. The van der Waals surface area contributed by atoms with Crippen molar-refractivity contribution in [3.8, 4) is 5.88 Å². The number of halogens is 2. The van der Waals surface area contributed by atoms with Crippen LogP contribution in [0.2, 0.25) is 0 Å². The van der Waals surface area contributed by atoms with Crippen LogP contribution in [-0.2, 0) is 24.4 Å². The van der Waals surface area contributed by atoms with Crippen LogP contribution in [0.3, 0.4) is 0 Å². The van der Waals surface area contributed by atoms with E-state index < -0.39 is 23.4 Å². The molecule has 4 heterocycles. The summed E-state index contributed by atoms with van der Waals surface area (Å²) < 4.78 is 42.3. The van der Waals surface area contributed by atoms with Crippen molar-refractivity contribution in [2.45, 2.75) is 57.9 Å². The molecule has 0 saturated carbocycles. The molecule has 9 nitrogen and oxygen atoms in total. The van der Waals surface area contributed by atoms with Gasteiger partial charge >= 0.3 is 5.97 Å². The first-order valence-corrected chi connectivity index (χ1v) is 14.4. The Morgan fingerprint density at radius 2 is 1.77 bits per heavy atom.